The molecule has 5 rings (SSSR count). The summed E-state index contributed by atoms with van der Waals surface area (Å²) in [6.07, 6.45) is 30.9. The fraction of sp³-hybridized carbons (Fsp3) is 0.939. The normalized spacial score (nSPS) is 34.8. The molecular weight excluding hydrogens is 661 g/mol. The van der Waals surface area contributed by atoms with Crippen molar-refractivity contribution >= 4 is 5.91 Å². The largest absolute Gasteiger partial charge is 0.349 e. The highest BCUT2D eigenvalue weighted by Crippen LogP contribution is 2.46. The summed E-state index contributed by atoms with van der Waals surface area (Å²) in [6, 6.07) is 2.88. The SMILES string of the molecule is CCC(C)CCCC(C(C)N)C(C(C)CC)N(C1CCC(C2CCC2)CC1)C1CCC(C)/C([C@H]2CCCC(N3CCC(C(=O)N(C)C)CC3)C2)=C\CC1C. The lowest BCUT2D eigenvalue weighted by Gasteiger charge is -2.53. The molecule has 4 fully saturated rings. The highest BCUT2D eigenvalue weighted by Gasteiger charge is 2.44. The first kappa shape index (κ1) is 44.2. The summed E-state index contributed by atoms with van der Waals surface area (Å²) in [7, 11) is 3.84. The number of carbonyl (C=O) groups is 1. The zero-order valence-electron chi connectivity index (χ0n) is 37.3. The van der Waals surface area contributed by atoms with Crippen molar-refractivity contribution in [3.63, 3.8) is 0 Å². The molecule has 312 valence electrons. The minimum absolute atomic E-state index is 0.226. The van der Waals surface area contributed by atoms with E-state index in [2.05, 4.69) is 64.3 Å². The van der Waals surface area contributed by atoms with Crippen LogP contribution in [0.25, 0.3) is 0 Å². The molecule has 0 bridgehead atoms. The van der Waals surface area contributed by atoms with Crippen LogP contribution >= 0.6 is 0 Å². The van der Waals surface area contributed by atoms with Gasteiger partial charge in [0.2, 0.25) is 5.91 Å². The van der Waals surface area contributed by atoms with Crippen LogP contribution in [-0.2, 0) is 4.79 Å². The van der Waals surface area contributed by atoms with Gasteiger partial charge in [0.25, 0.3) is 0 Å². The van der Waals surface area contributed by atoms with E-state index in [1.807, 2.05) is 24.6 Å². The van der Waals surface area contributed by atoms with E-state index in [1.54, 1.807) is 0 Å². The Labute approximate surface area is 335 Å². The fourth-order valence-electron chi connectivity index (χ4n) is 12.6. The molecule has 1 saturated heterocycles. The number of allylic oxidation sites excluding steroid dienone is 2. The van der Waals surface area contributed by atoms with Gasteiger partial charge in [-0.15, -0.1) is 0 Å². The van der Waals surface area contributed by atoms with Crippen molar-refractivity contribution < 1.29 is 4.79 Å². The molecule has 9 unspecified atom stereocenters. The summed E-state index contributed by atoms with van der Waals surface area (Å²) in [5, 5.41) is 0. The lowest BCUT2D eigenvalue weighted by molar-refractivity contribution is -0.134. The fourth-order valence-corrected chi connectivity index (χ4v) is 12.6. The molecular formula is C49H90N4O. The van der Waals surface area contributed by atoms with E-state index in [9.17, 15) is 4.79 Å². The Hall–Kier alpha value is -0.910. The number of carbonyl (C=O) groups excluding carboxylic acids is 1. The number of rotatable bonds is 16. The number of nitrogens with zero attached hydrogens (tertiary/aromatic N) is 3. The molecule has 1 aliphatic heterocycles. The van der Waals surface area contributed by atoms with E-state index >= 15 is 0 Å². The van der Waals surface area contributed by atoms with Crippen molar-refractivity contribution in [2.45, 2.75) is 214 Å². The molecule has 0 aromatic carbocycles. The molecule has 5 heteroatoms. The third-order valence-electron chi connectivity index (χ3n) is 16.8. The number of likely N-dealkylation sites (tertiary alicyclic amines) is 1. The van der Waals surface area contributed by atoms with E-state index in [0.29, 0.717) is 47.7 Å². The summed E-state index contributed by atoms with van der Waals surface area (Å²) in [6.45, 7) is 19.7. The Morgan fingerprint density at radius 1 is 0.833 bits per heavy atom. The van der Waals surface area contributed by atoms with Gasteiger partial charge in [0, 0.05) is 50.2 Å². The first-order chi connectivity index (χ1) is 25.9. The van der Waals surface area contributed by atoms with Crippen molar-refractivity contribution in [3.05, 3.63) is 11.6 Å². The summed E-state index contributed by atoms with van der Waals surface area (Å²) in [4.78, 5) is 20.5. The third-order valence-corrected chi connectivity index (χ3v) is 16.8. The summed E-state index contributed by atoms with van der Waals surface area (Å²) >= 11 is 0. The number of hydrogen-bond acceptors (Lipinski definition) is 4. The molecule has 54 heavy (non-hydrogen) atoms. The molecule has 10 atom stereocenters. The maximum absolute atomic E-state index is 12.7. The van der Waals surface area contributed by atoms with Crippen LogP contribution in [0, 0.1) is 53.3 Å². The number of amides is 1. The second kappa shape index (κ2) is 21.2. The third kappa shape index (κ3) is 11.2. The zero-order valence-corrected chi connectivity index (χ0v) is 37.3. The molecule has 0 spiro atoms. The molecule has 1 amide bonds. The van der Waals surface area contributed by atoms with Crippen molar-refractivity contribution in [2.75, 3.05) is 27.2 Å². The first-order valence-corrected chi connectivity index (χ1v) is 24.1. The Morgan fingerprint density at radius 3 is 2.09 bits per heavy atom. The maximum atomic E-state index is 12.7. The minimum Gasteiger partial charge on any atom is -0.349 e. The van der Waals surface area contributed by atoms with Gasteiger partial charge in [-0.05, 0) is 151 Å². The second-order valence-corrected chi connectivity index (χ2v) is 20.6. The van der Waals surface area contributed by atoms with Crippen LogP contribution in [0.5, 0.6) is 0 Å². The molecule has 5 nitrogen and oxygen atoms in total. The van der Waals surface area contributed by atoms with Crippen molar-refractivity contribution in [3.8, 4) is 0 Å². The Bertz CT molecular complexity index is 1130. The van der Waals surface area contributed by atoms with Crippen LogP contribution in [0.15, 0.2) is 11.6 Å². The molecule has 4 aliphatic carbocycles. The molecule has 0 radical (unpaired) electrons. The van der Waals surface area contributed by atoms with Crippen LogP contribution in [0.2, 0.25) is 0 Å². The molecule has 0 aromatic rings. The Balaban J connectivity index is 1.34. The van der Waals surface area contributed by atoms with Gasteiger partial charge in [-0.25, -0.2) is 0 Å². The standard InChI is InChI=1S/C49H90N4O/c1-10-34(3)15-12-20-46(38(7)50)48(35(4)11-2)53(43-25-23-40(24-26-43)39-16-13-17-39)47-28-22-36(5)45(27-21-37(47)6)42-18-14-19-44(33-42)52-31-29-41(30-32-52)49(54)51(8)9/h27,34-44,46-48H,10-26,28-33,50H2,1-9H3/b45-27+/t34?,35?,36?,37?,38?,40?,42-,43?,44?,46?,47?,48?/m0/s1. The van der Waals surface area contributed by atoms with Gasteiger partial charge in [0.15, 0.2) is 0 Å². The highest BCUT2D eigenvalue weighted by atomic mass is 16.2. The first-order valence-electron chi connectivity index (χ1n) is 24.1. The predicted octanol–water partition coefficient (Wildman–Crippen LogP) is 11.4. The Morgan fingerprint density at radius 2 is 1.50 bits per heavy atom. The van der Waals surface area contributed by atoms with E-state index in [1.165, 1.54) is 122 Å². The summed E-state index contributed by atoms with van der Waals surface area (Å²) in [5.74, 6) is 6.72. The molecule has 5 aliphatic rings. The van der Waals surface area contributed by atoms with Crippen LogP contribution < -0.4 is 5.73 Å². The lowest BCUT2D eigenvalue weighted by Crippen LogP contribution is -2.59. The predicted molar refractivity (Wildman–Crippen MR) is 231 cm³/mol. The number of nitrogens with two attached hydrogens (primary N) is 1. The van der Waals surface area contributed by atoms with Crippen LogP contribution in [0.4, 0.5) is 0 Å². The van der Waals surface area contributed by atoms with E-state index in [0.717, 1.165) is 55.6 Å². The van der Waals surface area contributed by atoms with Gasteiger partial charge in [0.05, 0.1) is 0 Å². The molecule has 2 N–H and O–H groups in total. The van der Waals surface area contributed by atoms with Crippen LogP contribution in [0.1, 0.15) is 183 Å². The van der Waals surface area contributed by atoms with Gasteiger partial charge in [0.1, 0.15) is 0 Å². The average molecular weight is 751 g/mol. The van der Waals surface area contributed by atoms with Gasteiger partial charge in [-0.2, -0.15) is 0 Å². The summed E-state index contributed by atoms with van der Waals surface area (Å²) in [5.41, 5.74) is 8.93. The van der Waals surface area contributed by atoms with Gasteiger partial charge in [-0.1, -0.05) is 105 Å². The quantitative estimate of drug-likeness (QED) is 0.160. The Kier molecular flexibility index (Phi) is 17.3. The zero-order chi connectivity index (χ0) is 38.9. The summed E-state index contributed by atoms with van der Waals surface area (Å²) < 4.78 is 0. The van der Waals surface area contributed by atoms with E-state index in [-0.39, 0.29) is 12.0 Å². The van der Waals surface area contributed by atoms with Crippen molar-refractivity contribution in [2.24, 2.45) is 59.0 Å². The van der Waals surface area contributed by atoms with Crippen LogP contribution in [0.3, 0.4) is 0 Å². The minimum atomic E-state index is 0.226. The smallest absolute Gasteiger partial charge is 0.225 e. The van der Waals surface area contributed by atoms with Crippen molar-refractivity contribution in [1.29, 1.82) is 0 Å². The average Bonchev–Trinajstić information content (AvgIpc) is 3.15. The number of hydrogen-bond donors (Lipinski definition) is 1. The van der Waals surface area contributed by atoms with Gasteiger partial charge >= 0.3 is 0 Å². The van der Waals surface area contributed by atoms with Gasteiger partial charge in [-0.3, -0.25) is 9.69 Å². The maximum Gasteiger partial charge on any atom is 0.225 e. The number of piperidine rings is 1. The topological polar surface area (TPSA) is 52.8 Å². The lowest BCUT2D eigenvalue weighted by atomic mass is 9.68. The molecule has 1 heterocycles. The van der Waals surface area contributed by atoms with Crippen LogP contribution in [-0.4, -0.2) is 78.0 Å². The van der Waals surface area contributed by atoms with Crippen molar-refractivity contribution in [1.82, 2.24) is 14.7 Å². The highest BCUT2D eigenvalue weighted by molar-refractivity contribution is 5.78. The van der Waals surface area contributed by atoms with Gasteiger partial charge < -0.3 is 15.5 Å². The molecule has 3 saturated carbocycles. The van der Waals surface area contributed by atoms with E-state index in [4.69, 9.17) is 5.73 Å². The molecule has 0 aromatic heterocycles. The second-order valence-electron chi connectivity index (χ2n) is 20.6. The van der Waals surface area contributed by atoms with E-state index < -0.39 is 0 Å². The monoisotopic (exact) mass is 751 g/mol.